The quantitative estimate of drug-likeness (QED) is 0.246. The molecule has 0 atom stereocenters. The van der Waals surface area contributed by atoms with Crippen LogP contribution in [0.3, 0.4) is 0 Å². The Kier molecular flexibility index (Phi) is 9.28. The maximum absolute atomic E-state index is 11.7. The summed E-state index contributed by atoms with van der Waals surface area (Å²) in [5, 5.41) is 9.58. The van der Waals surface area contributed by atoms with Crippen molar-refractivity contribution in [2.45, 2.75) is 51.5 Å². The summed E-state index contributed by atoms with van der Waals surface area (Å²) in [6, 6.07) is 8.28. The number of carbonyl (C=O) groups is 1. The molecule has 2 aliphatic carbocycles. The number of guanidine groups is 1. The maximum atomic E-state index is 11.7. The lowest BCUT2D eigenvalue weighted by atomic mass is 10.1. The highest BCUT2D eigenvalue weighted by molar-refractivity contribution is 5.79. The molecule has 30 heavy (non-hydrogen) atoms. The van der Waals surface area contributed by atoms with Gasteiger partial charge in [0.05, 0.1) is 0 Å². The molecular weight excluding hydrogens is 380 g/mol. The van der Waals surface area contributed by atoms with Crippen molar-refractivity contribution in [1.29, 1.82) is 0 Å². The fourth-order valence-corrected chi connectivity index (χ4v) is 2.96. The van der Waals surface area contributed by atoms with Gasteiger partial charge >= 0.3 is 0 Å². The van der Waals surface area contributed by atoms with Gasteiger partial charge in [-0.05, 0) is 69.1 Å². The molecule has 1 aromatic carbocycles. The van der Waals surface area contributed by atoms with Crippen LogP contribution in [0.5, 0.6) is 5.75 Å². The number of carbonyl (C=O) groups excluding carboxylic acids is 1. The van der Waals surface area contributed by atoms with Gasteiger partial charge in [0.1, 0.15) is 5.75 Å². The largest absolute Gasteiger partial charge is 0.484 e. The standard InChI is InChI=1S/C23H36N4O3/c1-2-24-23(25-13-3-15-29-16-19-4-5-19)26-14-12-18-6-10-21(11-7-18)30-17-22(28)27-20-8-9-20/h6-7,10-11,19-20H,2-5,8-9,12-17H2,1H3,(H,27,28)(H2,24,25,26). The van der Waals surface area contributed by atoms with Gasteiger partial charge in [-0.2, -0.15) is 0 Å². The van der Waals surface area contributed by atoms with Gasteiger partial charge in [0, 0.05) is 38.9 Å². The molecule has 0 unspecified atom stereocenters. The molecule has 1 amide bonds. The van der Waals surface area contributed by atoms with Crippen LogP contribution in [-0.4, -0.2) is 57.4 Å². The highest BCUT2D eigenvalue weighted by Gasteiger charge is 2.23. The fourth-order valence-electron chi connectivity index (χ4n) is 2.96. The van der Waals surface area contributed by atoms with Gasteiger partial charge in [-0.1, -0.05) is 12.1 Å². The Morgan fingerprint density at radius 3 is 2.63 bits per heavy atom. The predicted molar refractivity (Wildman–Crippen MR) is 119 cm³/mol. The molecule has 166 valence electrons. The van der Waals surface area contributed by atoms with E-state index in [0.717, 1.165) is 76.2 Å². The van der Waals surface area contributed by atoms with Crippen LogP contribution in [0, 0.1) is 5.92 Å². The van der Waals surface area contributed by atoms with Crippen LogP contribution >= 0.6 is 0 Å². The first-order chi connectivity index (χ1) is 14.7. The first-order valence-electron chi connectivity index (χ1n) is 11.3. The zero-order chi connectivity index (χ0) is 21.0. The minimum absolute atomic E-state index is 0.0458. The topological polar surface area (TPSA) is 84.0 Å². The summed E-state index contributed by atoms with van der Waals surface area (Å²) in [7, 11) is 0. The van der Waals surface area contributed by atoms with E-state index in [9.17, 15) is 4.79 Å². The first kappa shape index (κ1) is 22.4. The maximum Gasteiger partial charge on any atom is 0.258 e. The van der Waals surface area contributed by atoms with E-state index in [-0.39, 0.29) is 12.5 Å². The fraction of sp³-hybridized carbons (Fsp3) is 0.652. The number of hydrogen-bond acceptors (Lipinski definition) is 4. The second kappa shape index (κ2) is 12.4. The van der Waals surface area contributed by atoms with Crippen LogP contribution in [0.25, 0.3) is 0 Å². The summed E-state index contributed by atoms with van der Waals surface area (Å²) in [4.78, 5) is 16.3. The number of benzene rings is 1. The molecule has 0 radical (unpaired) electrons. The van der Waals surface area contributed by atoms with Crippen molar-refractivity contribution in [3.8, 4) is 5.75 Å². The molecule has 2 saturated carbocycles. The Morgan fingerprint density at radius 1 is 1.13 bits per heavy atom. The minimum Gasteiger partial charge on any atom is -0.484 e. The molecule has 0 aliphatic heterocycles. The molecule has 7 heteroatoms. The van der Waals surface area contributed by atoms with Gasteiger partial charge in [0.25, 0.3) is 5.91 Å². The van der Waals surface area contributed by atoms with Crippen molar-refractivity contribution < 1.29 is 14.3 Å². The van der Waals surface area contributed by atoms with Crippen molar-refractivity contribution in [2.75, 3.05) is 39.5 Å². The normalized spacial score (nSPS) is 16.2. The van der Waals surface area contributed by atoms with Crippen LogP contribution < -0.4 is 20.7 Å². The lowest BCUT2D eigenvalue weighted by Crippen LogP contribution is -2.38. The average molecular weight is 417 g/mol. The van der Waals surface area contributed by atoms with E-state index in [1.807, 2.05) is 24.3 Å². The molecule has 2 fully saturated rings. The summed E-state index contributed by atoms with van der Waals surface area (Å²) in [5.74, 6) is 2.34. The Hall–Kier alpha value is -2.28. The number of aliphatic imine (C=N–C) groups is 1. The molecule has 3 rings (SSSR count). The third-order valence-electron chi connectivity index (χ3n) is 5.05. The van der Waals surface area contributed by atoms with E-state index in [4.69, 9.17) is 9.47 Å². The molecule has 0 heterocycles. The summed E-state index contributed by atoms with van der Waals surface area (Å²) in [6.45, 7) is 6.25. The van der Waals surface area contributed by atoms with E-state index in [1.54, 1.807) is 0 Å². The third-order valence-corrected chi connectivity index (χ3v) is 5.05. The number of rotatable bonds is 14. The molecule has 2 aliphatic rings. The third kappa shape index (κ3) is 9.48. The highest BCUT2D eigenvalue weighted by Crippen LogP contribution is 2.28. The lowest BCUT2D eigenvalue weighted by Gasteiger charge is -2.12. The summed E-state index contributed by atoms with van der Waals surface area (Å²) in [6.07, 6.45) is 6.67. The van der Waals surface area contributed by atoms with Crippen LogP contribution in [0.1, 0.15) is 44.6 Å². The van der Waals surface area contributed by atoms with Crippen molar-refractivity contribution in [3.63, 3.8) is 0 Å². The molecule has 0 bridgehead atoms. The molecular formula is C23H36N4O3. The zero-order valence-electron chi connectivity index (χ0n) is 18.1. The van der Waals surface area contributed by atoms with Gasteiger partial charge in [-0.25, -0.2) is 0 Å². The molecule has 0 saturated heterocycles. The van der Waals surface area contributed by atoms with Gasteiger partial charge in [-0.3, -0.25) is 9.79 Å². The SMILES string of the molecule is CCNC(=NCCCOCC1CC1)NCCc1ccc(OCC(=O)NC2CC2)cc1. The van der Waals surface area contributed by atoms with E-state index >= 15 is 0 Å². The second-order valence-corrected chi connectivity index (χ2v) is 8.08. The van der Waals surface area contributed by atoms with Crippen LogP contribution in [0.4, 0.5) is 0 Å². The predicted octanol–water partition coefficient (Wildman–Crippen LogP) is 2.26. The van der Waals surface area contributed by atoms with Crippen molar-refractivity contribution in [1.82, 2.24) is 16.0 Å². The van der Waals surface area contributed by atoms with Crippen molar-refractivity contribution >= 4 is 11.9 Å². The monoisotopic (exact) mass is 416 g/mol. The molecule has 3 N–H and O–H groups in total. The number of nitrogens with zero attached hydrogens (tertiary/aromatic N) is 1. The smallest absolute Gasteiger partial charge is 0.258 e. The van der Waals surface area contributed by atoms with Crippen LogP contribution in [-0.2, 0) is 16.0 Å². The zero-order valence-corrected chi connectivity index (χ0v) is 18.1. The van der Waals surface area contributed by atoms with Gasteiger partial charge in [0.2, 0.25) is 0 Å². The highest BCUT2D eigenvalue weighted by atomic mass is 16.5. The lowest BCUT2D eigenvalue weighted by molar-refractivity contribution is -0.123. The molecule has 0 spiro atoms. The summed E-state index contributed by atoms with van der Waals surface area (Å²) in [5.41, 5.74) is 1.21. The van der Waals surface area contributed by atoms with Gasteiger partial charge in [-0.15, -0.1) is 0 Å². The Balaban J connectivity index is 1.29. The summed E-state index contributed by atoms with van der Waals surface area (Å²) >= 11 is 0. The van der Waals surface area contributed by atoms with E-state index in [1.165, 1.54) is 18.4 Å². The van der Waals surface area contributed by atoms with Crippen LogP contribution in [0.2, 0.25) is 0 Å². The minimum atomic E-state index is -0.0458. The van der Waals surface area contributed by atoms with Crippen molar-refractivity contribution in [3.05, 3.63) is 29.8 Å². The van der Waals surface area contributed by atoms with Crippen LogP contribution in [0.15, 0.2) is 29.3 Å². The molecule has 7 nitrogen and oxygen atoms in total. The van der Waals surface area contributed by atoms with E-state index in [2.05, 4.69) is 27.9 Å². The number of nitrogens with one attached hydrogen (secondary N) is 3. The Labute approximate surface area is 180 Å². The van der Waals surface area contributed by atoms with E-state index in [0.29, 0.717) is 6.04 Å². The molecule has 1 aromatic rings. The molecule has 0 aromatic heterocycles. The Morgan fingerprint density at radius 2 is 1.93 bits per heavy atom. The van der Waals surface area contributed by atoms with Gasteiger partial charge < -0.3 is 25.4 Å². The number of ether oxygens (including phenoxy) is 2. The number of amides is 1. The number of hydrogen-bond donors (Lipinski definition) is 3. The second-order valence-electron chi connectivity index (χ2n) is 8.08. The average Bonchev–Trinajstić information content (AvgIpc) is 3.66. The van der Waals surface area contributed by atoms with Crippen molar-refractivity contribution in [2.24, 2.45) is 10.9 Å². The summed E-state index contributed by atoms with van der Waals surface area (Å²) < 4.78 is 11.2. The van der Waals surface area contributed by atoms with E-state index < -0.39 is 0 Å². The first-order valence-corrected chi connectivity index (χ1v) is 11.3. The Bertz CT molecular complexity index is 670. The van der Waals surface area contributed by atoms with Gasteiger partial charge in [0.15, 0.2) is 12.6 Å².